The van der Waals surface area contributed by atoms with Crippen molar-refractivity contribution in [2.45, 2.75) is 19.8 Å². The summed E-state index contributed by atoms with van der Waals surface area (Å²) in [5, 5.41) is 2.60. The minimum Gasteiger partial charge on any atom is -0.397 e. The van der Waals surface area contributed by atoms with Gasteiger partial charge in [0.2, 0.25) is 5.91 Å². The number of carbonyl (C=O) groups excluding carboxylic acids is 1. The molecule has 0 saturated carbocycles. The van der Waals surface area contributed by atoms with E-state index in [1.165, 1.54) is 18.2 Å². The molecule has 1 rings (SSSR count). The topological polar surface area (TPSA) is 55.1 Å². The number of hydrogen-bond acceptors (Lipinski definition) is 3. The first-order valence-corrected chi connectivity index (χ1v) is 6.71. The van der Waals surface area contributed by atoms with E-state index in [2.05, 4.69) is 12.2 Å². The fourth-order valence-corrected chi connectivity index (χ4v) is 2.13. The fraction of sp³-hybridized carbons (Fsp3) is 0.417. The molecule has 1 aromatic rings. The predicted molar refractivity (Wildman–Crippen MR) is 71.7 cm³/mol. The van der Waals surface area contributed by atoms with Crippen molar-refractivity contribution in [3.8, 4) is 0 Å². The number of rotatable bonds is 6. The molecule has 94 valence electrons. The van der Waals surface area contributed by atoms with Crippen molar-refractivity contribution in [2.24, 2.45) is 0 Å². The quantitative estimate of drug-likeness (QED) is 0.608. The second-order valence-corrected chi connectivity index (χ2v) is 4.79. The molecule has 0 aliphatic carbocycles. The maximum absolute atomic E-state index is 12.9. The van der Waals surface area contributed by atoms with Gasteiger partial charge in [-0.1, -0.05) is 13.3 Å². The highest BCUT2D eigenvalue weighted by Crippen LogP contribution is 2.19. The van der Waals surface area contributed by atoms with Crippen LogP contribution in [0.5, 0.6) is 0 Å². The number of thioether (sulfide) groups is 1. The molecule has 3 nitrogen and oxygen atoms in total. The Morgan fingerprint density at radius 2 is 2.29 bits per heavy atom. The summed E-state index contributed by atoms with van der Waals surface area (Å²) >= 11 is 1.57. The van der Waals surface area contributed by atoms with Gasteiger partial charge >= 0.3 is 0 Å². The van der Waals surface area contributed by atoms with Gasteiger partial charge in [0.15, 0.2) is 0 Å². The SMILES string of the molecule is CCCCSCC(=O)Nc1cc(F)ccc1N. The van der Waals surface area contributed by atoms with Crippen LogP contribution in [0.25, 0.3) is 0 Å². The van der Waals surface area contributed by atoms with Gasteiger partial charge in [-0.15, -0.1) is 0 Å². The molecule has 0 unspecified atom stereocenters. The maximum Gasteiger partial charge on any atom is 0.234 e. The first-order valence-electron chi connectivity index (χ1n) is 5.56. The van der Waals surface area contributed by atoms with Gasteiger partial charge in [-0.2, -0.15) is 11.8 Å². The van der Waals surface area contributed by atoms with E-state index < -0.39 is 5.82 Å². The van der Waals surface area contributed by atoms with Gasteiger partial charge in [-0.05, 0) is 30.4 Å². The van der Waals surface area contributed by atoms with E-state index >= 15 is 0 Å². The normalized spacial score (nSPS) is 10.2. The van der Waals surface area contributed by atoms with Crippen LogP contribution >= 0.6 is 11.8 Å². The molecular formula is C12H17FN2OS. The lowest BCUT2D eigenvalue weighted by Crippen LogP contribution is -2.15. The average molecular weight is 256 g/mol. The molecule has 0 saturated heterocycles. The molecular weight excluding hydrogens is 239 g/mol. The fourth-order valence-electron chi connectivity index (χ4n) is 1.23. The Balaban J connectivity index is 2.42. The van der Waals surface area contributed by atoms with Crippen LogP contribution in [0.1, 0.15) is 19.8 Å². The van der Waals surface area contributed by atoms with Crippen molar-refractivity contribution < 1.29 is 9.18 Å². The number of carbonyl (C=O) groups is 1. The molecule has 0 fully saturated rings. The Bertz CT molecular complexity index is 385. The molecule has 0 spiro atoms. The van der Waals surface area contributed by atoms with E-state index in [9.17, 15) is 9.18 Å². The highest BCUT2D eigenvalue weighted by Gasteiger charge is 2.06. The van der Waals surface area contributed by atoms with Crippen LogP contribution in [0.2, 0.25) is 0 Å². The lowest BCUT2D eigenvalue weighted by atomic mass is 10.2. The number of benzene rings is 1. The number of halogens is 1. The minimum atomic E-state index is -0.409. The molecule has 0 heterocycles. The van der Waals surface area contributed by atoms with Crippen LogP contribution in [-0.4, -0.2) is 17.4 Å². The zero-order valence-corrected chi connectivity index (χ0v) is 10.6. The van der Waals surface area contributed by atoms with E-state index in [0.717, 1.165) is 18.6 Å². The van der Waals surface area contributed by atoms with Crippen LogP contribution in [0.3, 0.4) is 0 Å². The summed E-state index contributed by atoms with van der Waals surface area (Å²) in [6.07, 6.45) is 2.21. The summed E-state index contributed by atoms with van der Waals surface area (Å²) in [7, 11) is 0. The Hall–Kier alpha value is -1.23. The van der Waals surface area contributed by atoms with Crippen LogP contribution in [-0.2, 0) is 4.79 Å². The van der Waals surface area contributed by atoms with E-state index in [4.69, 9.17) is 5.73 Å². The maximum atomic E-state index is 12.9. The van der Waals surface area contributed by atoms with E-state index in [0.29, 0.717) is 17.1 Å². The Morgan fingerprint density at radius 3 is 3.00 bits per heavy atom. The molecule has 1 amide bonds. The molecule has 0 atom stereocenters. The molecule has 0 aromatic heterocycles. The van der Waals surface area contributed by atoms with E-state index in [1.807, 2.05) is 0 Å². The smallest absolute Gasteiger partial charge is 0.234 e. The number of amides is 1. The molecule has 0 radical (unpaired) electrons. The van der Waals surface area contributed by atoms with Crippen molar-refractivity contribution in [3.63, 3.8) is 0 Å². The van der Waals surface area contributed by atoms with Gasteiger partial charge in [-0.25, -0.2) is 4.39 Å². The molecule has 5 heteroatoms. The number of nitrogens with one attached hydrogen (secondary N) is 1. The number of anilines is 2. The lowest BCUT2D eigenvalue weighted by molar-refractivity contribution is -0.113. The lowest BCUT2D eigenvalue weighted by Gasteiger charge is -2.07. The summed E-state index contributed by atoms with van der Waals surface area (Å²) in [6.45, 7) is 2.11. The zero-order chi connectivity index (χ0) is 12.7. The summed E-state index contributed by atoms with van der Waals surface area (Å²) in [5.41, 5.74) is 6.34. The Morgan fingerprint density at radius 1 is 1.53 bits per heavy atom. The number of hydrogen-bond donors (Lipinski definition) is 2. The van der Waals surface area contributed by atoms with E-state index in [-0.39, 0.29) is 5.91 Å². The predicted octanol–water partition coefficient (Wildman–Crippen LogP) is 2.88. The Kier molecular flexibility index (Phi) is 5.83. The highest BCUT2D eigenvalue weighted by atomic mass is 32.2. The van der Waals surface area contributed by atoms with Gasteiger partial charge in [0.25, 0.3) is 0 Å². The van der Waals surface area contributed by atoms with Gasteiger partial charge in [0, 0.05) is 0 Å². The van der Waals surface area contributed by atoms with Gasteiger partial charge in [-0.3, -0.25) is 4.79 Å². The van der Waals surface area contributed by atoms with Crippen molar-refractivity contribution in [2.75, 3.05) is 22.6 Å². The third-order valence-corrected chi connectivity index (χ3v) is 3.21. The van der Waals surface area contributed by atoms with Crippen LogP contribution < -0.4 is 11.1 Å². The third kappa shape index (κ3) is 5.08. The highest BCUT2D eigenvalue weighted by molar-refractivity contribution is 7.99. The minimum absolute atomic E-state index is 0.150. The molecule has 1 aromatic carbocycles. The standard InChI is InChI=1S/C12H17FN2OS/c1-2-3-6-17-8-12(16)15-11-7-9(13)4-5-10(11)14/h4-5,7H,2-3,6,8,14H2,1H3,(H,15,16). The third-order valence-electron chi connectivity index (χ3n) is 2.16. The monoisotopic (exact) mass is 256 g/mol. The number of unbranched alkanes of at least 4 members (excludes halogenated alkanes) is 1. The van der Waals surface area contributed by atoms with Gasteiger partial charge in [0.05, 0.1) is 17.1 Å². The summed E-state index contributed by atoms with van der Waals surface area (Å²) in [5.74, 6) is 0.773. The van der Waals surface area contributed by atoms with Crippen molar-refractivity contribution >= 4 is 29.0 Å². The summed E-state index contributed by atoms with van der Waals surface area (Å²) < 4.78 is 12.9. The van der Waals surface area contributed by atoms with Crippen molar-refractivity contribution in [3.05, 3.63) is 24.0 Å². The first kappa shape index (κ1) is 13.8. The molecule has 3 N–H and O–H groups in total. The summed E-state index contributed by atoms with van der Waals surface area (Å²) in [6, 6.07) is 3.93. The molecule has 0 aliphatic heterocycles. The van der Waals surface area contributed by atoms with Gasteiger partial charge in [0.1, 0.15) is 5.82 Å². The van der Waals surface area contributed by atoms with Crippen molar-refractivity contribution in [1.29, 1.82) is 0 Å². The summed E-state index contributed by atoms with van der Waals surface area (Å²) in [4.78, 5) is 11.5. The molecule has 17 heavy (non-hydrogen) atoms. The number of nitrogen functional groups attached to an aromatic ring is 1. The second kappa shape index (κ2) is 7.17. The van der Waals surface area contributed by atoms with Gasteiger partial charge < -0.3 is 11.1 Å². The molecule has 0 aliphatic rings. The first-order chi connectivity index (χ1) is 8.13. The van der Waals surface area contributed by atoms with Crippen LogP contribution in [0.4, 0.5) is 15.8 Å². The van der Waals surface area contributed by atoms with Crippen molar-refractivity contribution in [1.82, 2.24) is 0 Å². The Labute approximate surface area is 105 Å². The van der Waals surface area contributed by atoms with Crippen LogP contribution in [0.15, 0.2) is 18.2 Å². The average Bonchev–Trinajstić information content (AvgIpc) is 2.29. The zero-order valence-electron chi connectivity index (χ0n) is 9.83. The largest absolute Gasteiger partial charge is 0.397 e. The van der Waals surface area contributed by atoms with Crippen LogP contribution in [0, 0.1) is 5.82 Å². The molecule has 0 bridgehead atoms. The van der Waals surface area contributed by atoms with E-state index in [1.54, 1.807) is 11.8 Å². The second-order valence-electron chi connectivity index (χ2n) is 3.69. The number of nitrogens with two attached hydrogens (primary N) is 1.